The molecule has 4 rings (SSSR count). The van der Waals surface area contributed by atoms with E-state index in [1.165, 1.54) is 4.90 Å². The van der Waals surface area contributed by atoms with Gasteiger partial charge in [0.25, 0.3) is 11.7 Å². The third kappa shape index (κ3) is 3.50. The van der Waals surface area contributed by atoms with Crippen LogP contribution in [0, 0.1) is 6.92 Å². The SMILES string of the molecule is Cc1ccc([C@@H]2/C(=C(\O)c3ccc4c(c3)C[C@@H](C)O4)C(=O)C(=O)N2CCN(C)C)o1. The number of amides is 1. The number of benzene rings is 1. The number of likely N-dealkylation sites (N-methyl/N-ethyl adjacent to an activating group) is 1. The zero-order valence-electron chi connectivity index (χ0n) is 17.6. The summed E-state index contributed by atoms with van der Waals surface area (Å²) in [7, 11) is 3.80. The first-order chi connectivity index (χ1) is 14.3. The lowest BCUT2D eigenvalue weighted by atomic mass is 9.97. The number of carbonyl (C=O) groups excluding carboxylic acids is 2. The molecule has 0 aliphatic carbocycles. The van der Waals surface area contributed by atoms with Crippen molar-refractivity contribution in [3.05, 3.63) is 58.6 Å². The minimum atomic E-state index is -0.762. The molecule has 0 unspecified atom stereocenters. The van der Waals surface area contributed by atoms with E-state index in [4.69, 9.17) is 9.15 Å². The van der Waals surface area contributed by atoms with E-state index in [0.717, 1.165) is 17.7 Å². The number of furan rings is 1. The van der Waals surface area contributed by atoms with E-state index in [0.29, 0.717) is 30.2 Å². The first kappa shape index (κ1) is 20.2. The van der Waals surface area contributed by atoms with Crippen LogP contribution in [-0.4, -0.2) is 59.9 Å². The third-order valence-corrected chi connectivity index (χ3v) is 5.53. The Kier molecular flexibility index (Phi) is 5.15. The van der Waals surface area contributed by atoms with Crippen LogP contribution in [0.15, 0.2) is 40.3 Å². The summed E-state index contributed by atoms with van der Waals surface area (Å²) in [6.07, 6.45) is 0.800. The number of nitrogens with zero attached hydrogens (tertiary/aromatic N) is 2. The highest BCUT2D eigenvalue weighted by Crippen LogP contribution is 2.40. The largest absolute Gasteiger partial charge is 0.507 e. The first-order valence-electron chi connectivity index (χ1n) is 10.1. The summed E-state index contributed by atoms with van der Waals surface area (Å²) in [5, 5.41) is 11.1. The van der Waals surface area contributed by atoms with E-state index < -0.39 is 17.7 Å². The maximum Gasteiger partial charge on any atom is 0.295 e. The maximum absolute atomic E-state index is 13.0. The fraction of sp³-hybridized carbons (Fsp3) is 0.391. The number of aliphatic hydroxyl groups excluding tert-OH is 1. The molecule has 1 aromatic heterocycles. The monoisotopic (exact) mass is 410 g/mol. The summed E-state index contributed by atoms with van der Waals surface area (Å²) in [6, 6.07) is 8.11. The fourth-order valence-corrected chi connectivity index (χ4v) is 4.04. The number of aryl methyl sites for hydroxylation is 1. The molecule has 1 N–H and O–H groups in total. The van der Waals surface area contributed by atoms with Crippen LogP contribution >= 0.6 is 0 Å². The molecule has 1 saturated heterocycles. The second kappa shape index (κ2) is 7.65. The summed E-state index contributed by atoms with van der Waals surface area (Å²) in [5.41, 5.74) is 1.52. The van der Waals surface area contributed by atoms with Gasteiger partial charge >= 0.3 is 0 Å². The Labute approximate surface area is 175 Å². The molecule has 30 heavy (non-hydrogen) atoms. The van der Waals surface area contributed by atoms with Crippen molar-refractivity contribution in [1.29, 1.82) is 0 Å². The van der Waals surface area contributed by atoms with Gasteiger partial charge in [-0.25, -0.2) is 0 Å². The van der Waals surface area contributed by atoms with Gasteiger partial charge in [0.1, 0.15) is 35.2 Å². The molecule has 1 fully saturated rings. The van der Waals surface area contributed by atoms with Crippen LogP contribution in [0.2, 0.25) is 0 Å². The average molecular weight is 410 g/mol. The number of carbonyl (C=O) groups is 2. The van der Waals surface area contributed by atoms with Gasteiger partial charge in [-0.05, 0) is 63.8 Å². The zero-order valence-corrected chi connectivity index (χ0v) is 17.6. The number of rotatable bonds is 5. The number of Topliss-reactive ketones (excluding diaryl/α,β-unsaturated/α-hetero) is 1. The summed E-state index contributed by atoms with van der Waals surface area (Å²) in [6.45, 7) is 4.71. The number of hydrogen-bond donors (Lipinski definition) is 1. The standard InChI is InChI=1S/C23H26N2O5/c1-13-5-7-18(29-13)20-19(22(27)23(28)25(20)10-9-24(3)4)21(26)15-6-8-17-16(12-15)11-14(2)30-17/h5-8,12,14,20,26H,9-11H2,1-4H3/b21-19+/t14-,20-/m1/s1. The molecule has 158 valence electrons. The maximum atomic E-state index is 13.0. The Morgan fingerprint density at radius 2 is 2.00 bits per heavy atom. The van der Waals surface area contributed by atoms with E-state index in [1.807, 2.05) is 32.0 Å². The molecule has 1 aromatic carbocycles. The Morgan fingerprint density at radius 3 is 2.67 bits per heavy atom. The van der Waals surface area contributed by atoms with E-state index in [9.17, 15) is 14.7 Å². The molecule has 0 saturated carbocycles. The number of aliphatic hydroxyl groups is 1. The number of ether oxygens (including phenoxy) is 1. The van der Waals surface area contributed by atoms with E-state index in [2.05, 4.69) is 0 Å². The molecule has 2 atom stereocenters. The molecule has 2 aliphatic heterocycles. The van der Waals surface area contributed by atoms with Crippen molar-refractivity contribution in [2.45, 2.75) is 32.4 Å². The molecule has 2 aromatic rings. The third-order valence-electron chi connectivity index (χ3n) is 5.53. The summed E-state index contributed by atoms with van der Waals surface area (Å²) < 4.78 is 11.5. The average Bonchev–Trinajstić information content (AvgIpc) is 3.35. The van der Waals surface area contributed by atoms with Crippen LogP contribution in [0.5, 0.6) is 5.75 Å². The zero-order chi connectivity index (χ0) is 21.6. The Balaban J connectivity index is 1.80. The quantitative estimate of drug-likeness (QED) is 0.464. The fourth-order valence-electron chi connectivity index (χ4n) is 4.04. The topological polar surface area (TPSA) is 83.2 Å². The molecule has 7 heteroatoms. The second-order valence-electron chi connectivity index (χ2n) is 8.20. The minimum absolute atomic E-state index is 0.0556. The first-order valence-corrected chi connectivity index (χ1v) is 10.1. The van der Waals surface area contributed by atoms with Crippen LogP contribution in [0.1, 0.15) is 35.6 Å². The lowest BCUT2D eigenvalue weighted by Crippen LogP contribution is -2.35. The molecule has 7 nitrogen and oxygen atoms in total. The van der Waals surface area contributed by atoms with Gasteiger partial charge in [0, 0.05) is 25.1 Å². The highest BCUT2D eigenvalue weighted by atomic mass is 16.5. The Morgan fingerprint density at radius 1 is 1.23 bits per heavy atom. The van der Waals surface area contributed by atoms with Crippen molar-refractivity contribution in [3.8, 4) is 5.75 Å². The van der Waals surface area contributed by atoms with Gasteiger partial charge in [-0.15, -0.1) is 0 Å². The lowest BCUT2D eigenvalue weighted by Gasteiger charge is -2.24. The van der Waals surface area contributed by atoms with Crippen molar-refractivity contribution in [1.82, 2.24) is 9.80 Å². The number of likely N-dealkylation sites (tertiary alicyclic amines) is 1. The molecule has 0 radical (unpaired) electrons. The molecule has 2 aliphatic rings. The van der Waals surface area contributed by atoms with Gasteiger partial charge in [-0.3, -0.25) is 9.59 Å². The number of ketones is 1. The molecular weight excluding hydrogens is 384 g/mol. The van der Waals surface area contributed by atoms with Crippen molar-refractivity contribution < 1.29 is 23.8 Å². The van der Waals surface area contributed by atoms with Gasteiger partial charge in [-0.2, -0.15) is 0 Å². The molecule has 0 spiro atoms. The smallest absolute Gasteiger partial charge is 0.295 e. The normalized spacial score (nSPS) is 22.6. The minimum Gasteiger partial charge on any atom is -0.507 e. The van der Waals surface area contributed by atoms with Crippen LogP contribution in [0.4, 0.5) is 0 Å². The lowest BCUT2D eigenvalue weighted by molar-refractivity contribution is -0.140. The van der Waals surface area contributed by atoms with Crippen molar-refractivity contribution >= 4 is 17.4 Å². The summed E-state index contributed by atoms with van der Waals surface area (Å²) in [5.74, 6) is 0.397. The Bertz CT molecular complexity index is 1040. The van der Waals surface area contributed by atoms with E-state index in [-0.39, 0.29) is 17.4 Å². The second-order valence-corrected chi connectivity index (χ2v) is 8.20. The van der Waals surface area contributed by atoms with Gasteiger partial charge in [0.05, 0.1) is 5.57 Å². The van der Waals surface area contributed by atoms with Crippen LogP contribution in [0.25, 0.3) is 5.76 Å². The van der Waals surface area contributed by atoms with Gasteiger partial charge in [0.2, 0.25) is 0 Å². The molecule has 0 bridgehead atoms. The Hall–Kier alpha value is -3.06. The predicted octanol–water partition coefficient (Wildman–Crippen LogP) is 2.89. The van der Waals surface area contributed by atoms with E-state index in [1.54, 1.807) is 31.2 Å². The van der Waals surface area contributed by atoms with Gasteiger partial charge in [-0.1, -0.05) is 0 Å². The molecule has 1 amide bonds. The van der Waals surface area contributed by atoms with Crippen LogP contribution in [-0.2, 0) is 16.0 Å². The highest BCUT2D eigenvalue weighted by molar-refractivity contribution is 6.46. The molecular formula is C23H26N2O5. The highest BCUT2D eigenvalue weighted by Gasteiger charge is 2.47. The summed E-state index contributed by atoms with van der Waals surface area (Å²) >= 11 is 0. The summed E-state index contributed by atoms with van der Waals surface area (Å²) in [4.78, 5) is 29.2. The number of hydrogen-bond acceptors (Lipinski definition) is 6. The van der Waals surface area contributed by atoms with E-state index >= 15 is 0 Å². The number of fused-ring (bicyclic) bond motifs is 1. The van der Waals surface area contributed by atoms with Crippen molar-refractivity contribution in [2.24, 2.45) is 0 Å². The van der Waals surface area contributed by atoms with Gasteiger partial charge < -0.3 is 24.1 Å². The van der Waals surface area contributed by atoms with Crippen molar-refractivity contribution in [2.75, 3.05) is 27.2 Å². The van der Waals surface area contributed by atoms with Crippen molar-refractivity contribution in [3.63, 3.8) is 0 Å². The molecule has 3 heterocycles. The predicted molar refractivity (Wildman–Crippen MR) is 111 cm³/mol. The van der Waals surface area contributed by atoms with Gasteiger partial charge in [0.15, 0.2) is 0 Å². The van der Waals surface area contributed by atoms with Crippen LogP contribution < -0.4 is 4.74 Å². The van der Waals surface area contributed by atoms with Crippen LogP contribution in [0.3, 0.4) is 0 Å².